The van der Waals surface area contributed by atoms with Crippen LogP contribution in [-0.2, 0) is 74.2 Å². The van der Waals surface area contributed by atoms with E-state index in [9.17, 15) is 19.5 Å². The van der Waals surface area contributed by atoms with E-state index in [0.717, 1.165) is 181 Å². The second-order valence-electron chi connectivity index (χ2n) is 19.8. The first-order valence-corrected chi connectivity index (χ1v) is 25.9. The SMILES string of the molecule is O=C(NC1CCC(OC2CCC(N=C([O-])C3=CCNC=C3)CC2)CC1)C1CC[N-]CC1.O=C(NC1CCC(OC2CCC(NC(=O)C3CC[N-]CC3)CC2)CC1)C1CC[N-]CC1.O=[N+]([O-])O.O=[N+]([O-])O.[Co].[Co].[Co].[NH2-].[NH2-]. The van der Waals surface area contributed by atoms with Crippen LogP contribution >= 0.6 is 0 Å². The van der Waals surface area contributed by atoms with Gasteiger partial charge < -0.3 is 74.5 Å². The van der Waals surface area contributed by atoms with Crippen LogP contribution in [-0.4, -0.2) is 139 Å². The third kappa shape index (κ3) is 28.3. The number of amides is 3. The summed E-state index contributed by atoms with van der Waals surface area (Å²) in [5.41, 5.74) is 0.694. The van der Waals surface area contributed by atoms with Gasteiger partial charge in [-0.25, -0.2) is 0 Å². The van der Waals surface area contributed by atoms with Gasteiger partial charge in [0, 0.05) is 98.8 Å². The molecule has 7 fully saturated rings. The molecule has 27 heteroatoms. The molecule has 0 unspecified atom stereocenters. The number of nitrogens with two attached hydrogens (primary N) is 2. The largest absolute Gasteiger partial charge is 0.858 e. The van der Waals surface area contributed by atoms with Crippen LogP contribution in [0.3, 0.4) is 0 Å². The molecule has 4 aliphatic carbocycles. The van der Waals surface area contributed by atoms with Crippen molar-refractivity contribution in [1.82, 2.24) is 21.3 Å². The fraction of sp³-hybridized carbons (Fsp3) is 0.833. The molecule has 4 aliphatic heterocycles. The van der Waals surface area contributed by atoms with Crippen molar-refractivity contribution in [2.75, 3.05) is 45.8 Å². The Labute approximate surface area is 473 Å². The summed E-state index contributed by atoms with van der Waals surface area (Å²) in [6, 6.07) is 1.04. The number of hydrogen-bond donors (Lipinski definition) is 6. The summed E-state index contributed by atoms with van der Waals surface area (Å²) in [5, 5.41) is 65.5. The molecule has 10 N–H and O–H groups in total. The van der Waals surface area contributed by atoms with Crippen LogP contribution in [0.25, 0.3) is 28.3 Å². The Bertz CT molecular complexity index is 1640. The van der Waals surface area contributed by atoms with Crippen molar-refractivity contribution in [3.8, 4) is 0 Å². The minimum absolute atomic E-state index is 0. The van der Waals surface area contributed by atoms with E-state index < -0.39 is 10.2 Å². The molecule has 0 spiro atoms. The zero-order valence-corrected chi connectivity index (χ0v) is 46.0. The molecule has 24 nitrogen and oxygen atoms in total. The van der Waals surface area contributed by atoms with Gasteiger partial charge in [0.2, 0.25) is 17.7 Å². The fourth-order valence-corrected chi connectivity index (χ4v) is 10.7. The minimum atomic E-state index is -1.50. The molecule has 3 amide bonds. The summed E-state index contributed by atoms with van der Waals surface area (Å²) in [6.07, 6.45) is 28.2. The summed E-state index contributed by atoms with van der Waals surface area (Å²) >= 11 is 0. The third-order valence-electron chi connectivity index (χ3n) is 14.8. The average Bonchev–Trinajstić information content (AvgIpc) is 3.37. The van der Waals surface area contributed by atoms with Crippen LogP contribution in [0.15, 0.2) is 28.9 Å². The van der Waals surface area contributed by atoms with Crippen molar-refractivity contribution in [3.63, 3.8) is 0 Å². The number of aliphatic imine (C=N–C) groups is 1. The van der Waals surface area contributed by atoms with Crippen molar-refractivity contribution in [3.05, 3.63) is 72.4 Å². The molecule has 0 bridgehead atoms. The van der Waals surface area contributed by atoms with Gasteiger partial charge in [-0.1, -0.05) is 44.6 Å². The normalized spacial score (nSPS) is 28.1. The Morgan fingerprint density at radius 2 is 0.813 bits per heavy atom. The molecule has 4 heterocycles. The second-order valence-corrected chi connectivity index (χ2v) is 19.8. The summed E-state index contributed by atoms with van der Waals surface area (Å²) in [6.45, 7) is 5.69. The van der Waals surface area contributed by atoms with Crippen LogP contribution in [0, 0.1) is 38.0 Å². The van der Waals surface area contributed by atoms with E-state index in [0.29, 0.717) is 48.6 Å². The molecule has 8 aliphatic rings. The Morgan fingerprint density at radius 1 is 0.533 bits per heavy atom. The quantitative estimate of drug-likeness (QED) is 0.0528. The molecule has 3 radical (unpaired) electrons. The van der Waals surface area contributed by atoms with Crippen LogP contribution in [0.1, 0.15) is 141 Å². The Kier molecular flexibility index (Phi) is 38.3. The van der Waals surface area contributed by atoms with Crippen molar-refractivity contribution >= 4 is 23.6 Å². The second kappa shape index (κ2) is 40.1. The van der Waals surface area contributed by atoms with E-state index in [-0.39, 0.29) is 116 Å². The molecule has 3 saturated heterocycles. The number of ether oxygens (including phenoxy) is 2. The smallest absolute Gasteiger partial charge is 0.291 e. The molecule has 4 saturated carbocycles. The maximum atomic E-state index is 12.5. The molecule has 8 rings (SSSR count). The monoisotopic (exact) mass is 1200 g/mol. The van der Waals surface area contributed by atoms with Gasteiger partial charge in [0.05, 0.1) is 24.4 Å². The molecule has 0 atom stereocenters. The first-order valence-electron chi connectivity index (χ1n) is 25.9. The molecule has 0 aromatic heterocycles. The zero-order chi connectivity index (χ0) is 50.1. The molecule has 0 aromatic rings. The number of hydrogen-bond acceptors (Lipinski definition) is 12. The Hall–Kier alpha value is -3.20. The molecule has 439 valence electrons. The van der Waals surface area contributed by atoms with Crippen LogP contribution in [0.5, 0.6) is 0 Å². The summed E-state index contributed by atoms with van der Waals surface area (Å²) < 4.78 is 12.8. The average molecular weight is 1200 g/mol. The number of nitrogens with one attached hydrogen (secondary N) is 4. The number of carbonyl (C=O) groups excluding carboxylic acids is 3. The predicted molar refractivity (Wildman–Crippen MR) is 269 cm³/mol. The first kappa shape index (κ1) is 71.8. The van der Waals surface area contributed by atoms with E-state index in [1.165, 1.54) is 0 Å². The van der Waals surface area contributed by atoms with E-state index in [1.54, 1.807) is 12.3 Å². The van der Waals surface area contributed by atoms with Gasteiger partial charge in [-0.2, -0.15) is 0 Å². The fourth-order valence-electron chi connectivity index (χ4n) is 10.7. The van der Waals surface area contributed by atoms with Gasteiger partial charge in [-0.05, 0) is 126 Å². The molecule has 0 aromatic carbocycles. The standard InChI is InChI=1S/C24H40N4O3.C24H37N4O3.3Co.2HNO3.2H2N/c2*29-23(17-9-13-25-14-10-17)27-19-1-5-21(6-2-19)31-22-7-3-20(4-8-22)28-24(30)18-11-15-26-16-12-18;;;;2*2-1(3)4;;/h17-22H,1-16H2,(H,27,29)(H,28,30);9-10,13,18-22,25H,1-8,11-12,14-16H2,(H,27,29)(H,28,30);;;;2*(H,2,3,4);2*1H2/q-2;-1;;;;;;2*-1/p-1. The van der Waals surface area contributed by atoms with Crippen molar-refractivity contribution in [1.29, 1.82) is 0 Å². The number of rotatable bonds is 12. The van der Waals surface area contributed by atoms with Crippen LogP contribution in [0.4, 0.5) is 0 Å². The van der Waals surface area contributed by atoms with Gasteiger partial charge >= 0.3 is 0 Å². The molecular formula is C48H82Co3N12O12-6. The van der Waals surface area contributed by atoms with E-state index in [1.807, 2.05) is 6.08 Å². The number of carbonyl (C=O) groups is 3. The van der Waals surface area contributed by atoms with E-state index in [4.69, 9.17) is 40.1 Å². The first-order chi connectivity index (χ1) is 33.8. The number of nitrogens with zero attached hydrogens (tertiary/aromatic N) is 6. The predicted octanol–water partition coefficient (Wildman–Crippen LogP) is 6.48. The van der Waals surface area contributed by atoms with Gasteiger partial charge in [-0.15, -0.1) is 59.5 Å². The van der Waals surface area contributed by atoms with Gasteiger partial charge in [0.1, 0.15) is 0 Å². The Morgan fingerprint density at radius 3 is 1.08 bits per heavy atom. The van der Waals surface area contributed by atoms with Crippen LogP contribution in [0.2, 0.25) is 0 Å². The summed E-state index contributed by atoms with van der Waals surface area (Å²) in [7, 11) is 0. The van der Waals surface area contributed by atoms with Gasteiger partial charge in [0.25, 0.3) is 10.2 Å². The maximum Gasteiger partial charge on any atom is 0.291 e. The molecular weight excluding hydrogens is 1110 g/mol. The Balaban J connectivity index is 0.00000121. The number of piperidine rings is 3. The topological polar surface area (TPSA) is 389 Å². The van der Waals surface area contributed by atoms with Crippen molar-refractivity contribution in [2.24, 2.45) is 22.7 Å². The van der Waals surface area contributed by atoms with E-state index >= 15 is 0 Å². The zero-order valence-electron chi connectivity index (χ0n) is 42.9. The minimum Gasteiger partial charge on any atom is -0.858 e. The maximum absolute atomic E-state index is 12.5. The van der Waals surface area contributed by atoms with Crippen LogP contribution < -0.4 is 26.4 Å². The van der Waals surface area contributed by atoms with Gasteiger partial charge in [0.15, 0.2) is 0 Å². The molecule has 75 heavy (non-hydrogen) atoms. The van der Waals surface area contributed by atoms with Crippen molar-refractivity contribution in [2.45, 2.75) is 190 Å². The number of dihydropyridines is 1. The third-order valence-corrected chi connectivity index (χ3v) is 14.8. The summed E-state index contributed by atoms with van der Waals surface area (Å²) in [5.74, 6) is 1.09. The van der Waals surface area contributed by atoms with E-state index in [2.05, 4.69) is 42.2 Å². The van der Waals surface area contributed by atoms with Gasteiger partial charge in [-0.3, -0.25) is 19.4 Å². The van der Waals surface area contributed by atoms with Crippen molar-refractivity contribution < 1.29 is 99.9 Å². The summed E-state index contributed by atoms with van der Waals surface area (Å²) in [4.78, 5) is 58.5.